The van der Waals surface area contributed by atoms with Crippen molar-refractivity contribution in [1.82, 2.24) is 15.2 Å². The zero-order valence-corrected chi connectivity index (χ0v) is 24.7. The van der Waals surface area contributed by atoms with E-state index in [2.05, 4.69) is 15.5 Å². The van der Waals surface area contributed by atoms with Gasteiger partial charge in [0.1, 0.15) is 29.4 Å². The first-order valence-corrected chi connectivity index (χ1v) is 15.6. The van der Waals surface area contributed by atoms with Gasteiger partial charge in [-0.15, -0.1) is 34.9 Å². The molecule has 5 rings (SSSR count). The second-order valence-electron chi connectivity index (χ2n) is 9.28. The fourth-order valence-corrected chi connectivity index (χ4v) is 7.24. The number of aromatic nitrogens is 2. The Bertz CT molecular complexity index is 1610. The lowest BCUT2D eigenvalue weighted by Crippen LogP contribution is -2.71. The molecule has 2 amide bonds. The summed E-state index contributed by atoms with van der Waals surface area (Å²) in [6.45, 7) is -0.0668. The van der Waals surface area contributed by atoms with Crippen molar-refractivity contribution in [2.24, 2.45) is 5.16 Å². The van der Waals surface area contributed by atoms with Gasteiger partial charge in [-0.25, -0.2) is 14.6 Å². The van der Waals surface area contributed by atoms with Crippen molar-refractivity contribution in [2.45, 2.75) is 29.5 Å². The third-order valence-electron chi connectivity index (χ3n) is 6.34. The number of anilines is 1. The SMILES string of the molecule is Nc1nc(/C(=N\OCc2ccccc2)C(=O)NC2C(=O)N3C(C(=O)O)=C(CSc4cc[n+](CC(=O)O)cc4)CSC23)cs1. The van der Waals surface area contributed by atoms with E-state index in [1.807, 2.05) is 30.3 Å². The monoisotopic (exact) mass is 641 g/mol. The number of aliphatic carboxylic acids is 2. The molecule has 1 fully saturated rings. The average molecular weight is 642 g/mol. The molecule has 2 atom stereocenters. The number of carboxylic acid groups (broad SMARTS) is 2. The highest BCUT2D eigenvalue weighted by Crippen LogP contribution is 2.41. The van der Waals surface area contributed by atoms with Gasteiger partial charge in [-0.1, -0.05) is 35.5 Å². The summed E-state index contributed by atoms with van der Waals surface area (Å²) in [4.78, 5) is 61.2. The highest BCUT2D eigenvalue weighted by atomic mass is 32.2. The van der Waals surface area contributed by atoms with Gasteiger partial charge in [0.05, 0.1) is 0 Å². The number of amides is 2. The van der Waals surface area contributed by atoms with Crippen LogP contribution in [0.2, 0.25) is 0 Å². The first-order valence-electron chi connectivity index (χ1n) is 12.7. The third-order valence-corrected chi connectivity index (χ3v) is 9.45. The molecular weight excluding hydrogens is 617 g/mol. The molecule has 13 nitrogen and oxygen atoms in total. The van der Waals surface area contributed by atoms with Crippen LogP contribution in [0.15, 0.2) is 81.6 Å². The normalized spacial score (nSPS) is 18.1. The first kappa shape index (κ1) is 30.1. The van der Waals surface area contributed by atoms with Gasteiger partial charge in [0.25, 0.3) is 11.8 Å². The average Bonchev–Trinajstić information content (AvgIpc) is 3.42. The number of oxime groups is 1. The molecule has 2 aromatic heterocycles. The number of thiazole rings is 1. The van der Waals surface area contributed by atoms with Crippen LogP contribution >= 0.6 is 34.9 Å². The number of carbonyl (C=O) groups is 4. The smallest absolute Gasteiger partial charge is 0.370 e. The van der Waals surface area contributed by atoms with Crippen LogP contribution in [-0.4, -0.2) is 72.5 Å². The zero-order chi connectivity index (χ0) is 30.5. The van der Waals surface area contributed by atoms with Crippen LogP contribution in [0.25, 0.3) is 0 Å². The summed E-state index contributed by atoms with van der Waals surface area (Å²) in [6, 6.07) is 11.7. The van der Waals surface area contributed by atoms with Gasteiger partial charge in [-0.05, 0) is 11.1 Å². The van der Waals surface area contributed by atoms with Crippen molar-refractivity contribution in [3.05, 3.63) is 82.8 Å². The molecule has 3 aromatic rings. The summed E-state index contributed by atoms with van der Waals surface area (Å²) in [5.41, 5.74) is 7.09. The van der Waals surface area contributed by atoms with Crippen LogP contribution in [-0.2, 0) is 37.2 Å². The fourth-order valence-electron chi connectivity index (χ4n) is 4.32. The third kappa shape index (κ3) is 6.98. The lowest BCUT2D eigenvalue weighted by molar-refractivity contribution is -0.686. The summed E-state index contributed by atoms with van der Waals surface area (Å²) >= 11 is 3.85. The van der Waals surface area contributed by atoms with E-state index in [0.717, 1.165) is 21.8 Å². The predicted octanol–water partition coefficient (Wildman–Crippen LogP) is 1.55. The number of nitrogen functional groups attached to an aromatic ring is 1. The predicted molar refractivity (Wildman–Crippen MR) is 159 cm³/mol. The Labute approximate surface area is 257 Å². The van der Waals surface area contributed by atoms with Crippen LogP contribution in [0.4, 0.5) is 5.13 Å². The van der Waals surface area contributed by atoms with Crippen molar-refractivity contribution < 1.29 is 38.8 Å². The number of thioether (sulfide) groups is 2. The zero-order valence-electron chi connectivity index (χ0n) is 22.3. The molecule has 1 saturated heterocycles. The Morgan fingerprint density at radius 1 is 1.19 bits per heavy atom. The van der Waals surface area contributed by atoms with Crippen molar-refractivity contribution in [3.63, 3.8) is 0 Å². The van der Waals surface area contributed by atoms with Crippen molar-refractivity contribution in [1.29, 1.82) is 0 Å². The lowest BCUT2D eigenvalue weighted by Gasteiger charge is -2.49. The number of fused-ring (bicyclic) bond motifs is 1. The van der Waals surface area contributed by atoms with Crippen LogP contribution < -0.4 is 15.6 Å². The molecule has 4 heterocycles. The maximum absolute atomic E-state index is 13.3. The molecule has 1 aromatic carbocycles. The van der Waals surface area contributed by atoms with Crippen molar-refractivity contribution >= 4 is 69.5 Å². The van der Waals surface area contributed by atoms with Gasteiger partial charge < -0.3 is 26.1 Å². The van der Waals surface area contributed by atoms with Crippen molar-refractivity contribution in [2.75, 3.05) is 17.2 Å². The number of hydrogen-bond acceptors (Lipinski definition) is 11. The number of carbonyl (C=O) groups excluding carboxylic acids is 2. The second-order valence-corrected chi connectivity index (χ2v) is 12.3. The molecule has 2 aliphatic heterocycles. The summed E-state index contributed by atoms with van der Waals surface area (Å²) in [6.07, 6.45) is 3.26. The van der Waals surface area contributed by atoms with Crippen LogP contribution in [0.1, 0.15) is 11.3 Å². The summed E-state index contributed by atoms with van der Waals surface area (Å²) < 4.78 is 1.51. The van der Waals surface area contributed by atoms with E-state index in [9.17, 15) is 24.3 Å². The number of rotatable bonds is 12. The second kappa shape index (κ2) is 13.3. The van der Waals surface area contributed by atoms with Gasteiger partial charge in [-0.2, -0.15) is 4.57 Å². The van der Waals surface area contributed by atoms with Gasteiger partial charge >= 0.3 is 11.9 Å². The summed E-state index contributed by atoms with van der Waals surface area (Å²) in [5.74, 6) is -2.81. The lowest BCUT2D eigenvalue weighted by atomic mass is 10.0. The summed E-state index contributed by atoms with van der Waals surface area (Å²) in [7, 11) is 0. The van der Waals surface area contributed by atoms with Crippen molar-refractivity contribution in [3.8, 4) is 0 Å². The Morgan fingerprint density at radius 3 is 2.58 bits per heavy atom. The molecule has 2 unspecified atom stereocenters. The Hall–Kier alpha value is -4.41. The van der Waals surface area contributed by atoms with Gasteiger partial charge in [0.15, 0.2) is 23.2 Å². The van der Waals surface area contributed by atoms with Gasteiger partial charge in [0, 0.05) is 33.9 Å². The van der Waals surface area contributed by atoms with E-state index in [4.69, 9.17) is 15.7 Å². The van der Waals surface area contributed by atoms with E-state index in [-0.39, 0.29) is 35.4 Å². The maximum Gasteiger partial charge on any atom is 0.370 e. The minimum Gasteiger partial charge on any atom is -0.477 e. The van der Waals surface area contributed by atoms with E-state index < -0.39 is 35.2 Å². The molecule has 43 heavy (non-hydrogen) atoms. The molecule has 0 aliphatic carbocycles. The number of benzene rings is 1. The number of β-lactam (4-membered cyclic amide) rings is 1. The number of nitrogens with zero attached hydrogens (tertiary/aromatic N) is 4. The van der Waals surface area contributed by atoms with Crippen LogP contribution in [0.3, 0.4) is 0 Å². The topological polar surface area (TPSA) is 188 Å². The van der Waals surface area contributed by atoms with Gasteiger partial charge in [-0.3, -0.25) is 14.5 Å². The molecule has 0 radical (unpaired) electrons. The maximum atomic E-state index is 13.3. The number of nitrogens with two attached hydrogens (primary N) is 1. The summed E-state index contributed by atoms with van der Waals surface area (Å²) in [5, 5.41) is 26.7. The molecular formula is C27H25N6O7S3+. The highest BCUT2D eigenvalue weighted by molar-refractivity contribution is 8.01. The van der Waals surface area contributed by atoms with Crippen LogP contribution in [0.5, 0.6) is 0 Å². The molecule has 0 spiro atoms. The number of hydrogen-bond donors (Lipinski definition) is 4. The van der Waals surface area contributed by atoms with E-state index in [1.54, 1.807) is 29.9 Å². The Kier molecular flexibility index (Phi) is 9.27. The van der Waals surface area contributed by atoms with Gasteiger partial charge in [0.2, 0.25) is 6.54 Å². The highest BCUT2D eigenvalue weighted by Gasteiger charge is 2.54. The van der Waals surface area contributed by atoms with E-state index in [1.165, 1.54) is 33.0 Å². The molecule has 222 valence electrons. The first-order chi connectivity index (χ1) is 20.7. The minimum atomic E-state index is -1.24. The number of carboxylic acids is 2. The molecule has 0 saturated carbocycles. The molecule has 5 N–H and O–H groups in total. The quantitative estimate of drug-likeness (QED) is 0.0739. The molecule has 16 heteroatoms. The Morgan fingerprint density at radius 2 is 1.93 bits per heavy atom. The molecule has 2 aliphatic rings. The fraction of sp³-hybridized carbons (Fsp3) is 0.222. The van der Waals surface area contributed by atoms with E-state index >= 15 is 0 Å². The number of pyridine rings is 1. The van der Waals surface area contributed by atoms with Crippen LogP contribution in [0, 0.1) is 0 Å². The standard InChI is InChI=1S/C27H24N6O7S3/c28-27-29-18(14-43-27)20(31-40-11-15-4-2-1-3-5-15)23(36)30-21-24(37)33-22(26(38)39)16(13-42-25(21)33)12-41-17-6-8-32(9-7-17)10-19(34)35/h1-9,14,21,25H,10-13H2,(H4-,28,29,30,34,35,36,38,39)/p+1/b31-20+. The Balaban J connectivity index is 1.27. The minimum absolute atomic E-state index is 0.101. The largest absolute Gasteiger partial charge is 0.477 e. The molecule has 0 bridgehead atoms. The van der Waals surface area contributed by atoms with E-state index in [0.29, 0.717) is 17.1 Å². The number of nitrogens with one attached hydrogen (secondary N) is 1.